The molecule has 168 valence electrons. The van der Waals surface area contributed by atoms with Gasteiger partial charge in [0, 0.05) is 21.5 Å². The Labute approximate surface area is 207 Å². The van der Waals surface area contributed by atoms with Gasteiger partial charge in [0.05, 0.1) is 5.69 Å². The molecule has 2 heterocycles. The second-order valence-corrected chi connectivity index (χ2v) is 9.31. The molecule has 0 atom stereocenters. The average molecular weight is 522 g/mol. The summed E-state index contributed by atoms with van der Waals surface area (Å²) in [5, 5.41) is 2.75. The number of carbonyl (C=O) groups is 2. The highest BCUT2D eigenvalue weighted by atomic mass is 79.9. The maximum absolute atomic E-state index is 13.4. The first-order chi connectivity index (χ1) is 15.7. The third-order valence-corrected chi connectivity index (χ3v) is 7.05. The molecular weight excluding hydrogens is 498 g/mol. The Kier molecular flexibility index (Phi) is 6.36. The van der Waals surface area contributed by atoms with Crippen molar-refractivity contribution >= 4 is 56.8 Å². The second kappa shape index (κ2) is 9.08. The Bertz CT molecular complexity index is 1320. The molecular formula is C26H24BrN3O2S. The van der Waals surface area contributed by atoms with E-state index in [1.165, 1.54) is 4.90 Å². The molecule has 0 aliphatic carbocycles. The van der Waals surface area contributed by atoms with Gasteiger partial charge in [-0.1, -0.05) is 35.0 Å². The largest absolute Gasteiger partial charge is 0.318 e. The average Bonchev–Trinajstić information content (AvgIpc) is 3.06. The molecule has 5 nitrogen and oxygen atoms in total. The highest BCUT2D eigenvalue weighted by Crippen LogP contribution is 2.28. The lowest BCUT2D eigenvalue weighted by molar-refractivity contribution is -0.122. The van der Waals surface area contributed by atoms with E-state index in [2.05, 4.69) is 38.8 Å². The van der Waals surface area contributed by atoms with Crippen LogP contribution in [0.15, 0.2) is 58.6 Å². The number of thiocarbonyl (C=S) groups is 1. The van der Waals surface area contributed by atoms with Crippen LogP contribution in [0.25, 0.3) is 11.8 Å². The molecule has 2 amide bonds. The highest BCUT2D eigenvalue weighted by molar-refractivity contribution is 9.10. The Morgan fingerprint density at radius 1 is 1.00 bits per heavy atom. The van der Waals surface area contributed by atoms with Gasteiger partial charge in [0.15, 0.2) is 5.11 Å². The maximum atomic E-state index is 13.4. The van der Waals surface area contributed by atoms with Crippen LogP contribution in [0.5, 0.6) is 0 Å². The number of rotatable bonds is 4. The summed E-state index contributed by atoms with van der Waals surface area (Å²) < 4.78 is 3.16. The van der Waals surface area contributed by atoms with E-state index in [9.17, 15) is 9.59 Å². The summed E-state index contributed by atoms with van der Waals surface area (Å²) in [4.78, 5) is 27.5. The first-order valence-electron chi connectivity index (χ1n) is 10.7. The monoisotopic (exact) mass is 521 g/mol. The molecule has 1 aliphatic rings. The van der Waals surface area contributed by atoms with Gasteiger partial charge >= 0.3 is 0 Å². The number of aryl methyl sites for hydroxylation is 3. The molecule has 0 bridgehead atoms. The number of nitrogens with zero attached hydrogens (tertiary/aromatic N) is 2. The fourth-order valence-electron chi connectivity index (χ4n) is 4.03. The molecule has 0 saturated carbocycles. The lowest BCUT2D eigenvalue weighted by Gasteiger charge is -2.29. The summed E-state index contributed by atoms with van der Waals surface area (Å²) in [7, 11) is 0. The molecule has 7 heteroatoms. The van der Waals surface area contributed by atoms with E-state index in [1.54, 1.807) is 6.08 Å². The third kappa shape index (κ3) is 4.30. The molecule has 3 aromatic rings. The molecule has 1 saturated heterocycles. The van der Waals surface area contributed by atoms with E-state index in [0.29, 0.717) is 5.69 Å². The second-order valence-electron chi connectivity index (χ2n) is 8.07. The summed E-state index contributed by atoms with van der Waals surface area (Å²) >= 11 is 8.86. The predicted octanol–water partition coefficient (Wildman–Crippen LogP) is 5.56. The third-order valence-electron chi connectivity index (χ3n) is 5.87. The summed E-state index contributed by atoms with van der Waals surface area (Å²) in [6.07, 6.45) is 2.55. The first-order valence-corrected chi connectivity index (χ1v) is 11.9. The molecule has 4 rings (SSSR count). The molecule has 2 aromatic carbocycles. The number of carbonyl (C=O) groups excluding carboxylic acids is 2. The zero-order valence-corrected chi connectivity index (χ0v) is 21.3. The van der Waals surface area contributed by atoms with Gasteiger partial charge in [-0.25, -0.2) is 0 Å². The van der Waals surface area contributed by atoms with E-state index < -0.39 is 11.8 Å². The van der Waals surface area contributed by atoms with Crippen LogP contribution in [-0.4, -0.2) is 21.5 Å². The molecule has 1 fully saturated rings. The van der Waals surface area contributed by atoms with Crippen molar-refractivity contribution in [3.05, 3.63) is 86.7 Å². The van der Waals surface area contributed by atoms with Crippen molar-refractivity contribution in [2.45, 2.75) is 34.1 Å². The molecule has 1 N–H and O–H groups in total. The van der Waals surface area contributed by atoms with Crippen molar-refractivity contribution in [2.24, 2.45) is 0 Å². The van der Waals surface area contributed by atoms with Crippen LogP contribution in [0.4, 0.5) is 5.69 Å². The fourth-order valence-corrected chi connectivity index (χ4v) is 4.55. The highest BCUT2D eigenvalue weighted by Gasteiger charge is 2.34. The van der Waals surface area contributed by atoms with Crippen molar-refractivity contribution < 1.29 is 9.59 Å². The number of halogens is 1. The van der Waals surface area contributed by atoms with Crippen LogP contribution < -0.4 is 10.2 Å². The smallest absolute Gasteiger partial charge is 0.270 e. The van der Waals surface area contributed by atoms with Gasteiger partial charge in [-0.05, 0) is 98.6 Å². The number of anilines is 1. The number of benzene rings is 2. The Morgan fingerprint density at radius 3 is 2.30 bits per heavy atom. The number of hydrogen-bond donors (Lipinski definition) is 1. The van der Waals surface area contributed by atoms with E-state index in [0.717, 1.165) is 44.7 Å². The van der Waals surface area contributed by atoms with Gasteiger partial charge < -0.3 is 4.57 Å². The van der Waals surface area contributed by atoms with Gasteiger partial charge in [-0.2, -0.15) is 0 Å². The van der Waals surface area contributed by atoms with Crippen molar-refractivity contribution in [1.29, 1.82) is 0 Å². The van der Waals surface area contributed by atoms with E-state index in [1.807, 2.05) is 63.2 Å². The lowest BCUT2D eigenvalue weighted by atomic mass is 10.1. The van der Waals surface area contributed by atoms with Crippen molar-refractivity contribution in [1.82, 2.24) is 9.88 Å². The van der Waals surface area contributed by atoms with Crippen LogP contribution in [0.2, 0.25) is 0 Å². The van der Waals surface area contributed by atoms with Crippen LogP contribution >= 0.6 is 28.1 Å². The number of amides is 2. The minimum atomic E-state index is -0.490. The Morgan fingerprint density at radius 2 is 1.67 bits per heavy atom. The SMILES string of the molecule is CCc1ccc(N2C(=O)/C(=C/c3cc(C)n(-c4ccc(Br)c(C)c4)c3C)C(=O)NC2=S)cc1. The van der Waals surface area contributed by atoms with E-state index in [-0.39, 0.29) is 10.7 Å². The quantitative estimate of drug-likeness (QED) is 0.278. The molecule has 33 heavy (non-hydrogen) atoms. The van der Waals surface area contributed by atoms with Crippen LogP contribution in [-0.2, 0) is 16.0 Å². The Balaban J connectivity index is 1.74. The molecule has 0 unspecified atom stereocenters. The molecule has 1 aromatic heterocycles. The standard InChI is InChI=1S/C26H24BrN3O2S/c1-5-18-6-8-20(9-7-18)30-25(32)22(24(31)28-26(30)33)14-19-13-16(3)29(17(19)4)21-10-11-23(27)15(2)12-21/h6-14H,5H2,1-4H3,(H,28,31,33)/b22-14+. The maximum Gasteiger partial charge on any atom is 0.270 e. The molecule has 0 radical (unpaired) electrons. The first kappa shape index (κ1) is 23.1. The summed E-state index contributed by atoms with van der Waals surface area (Å²) in [5.74, 6) is -0.923. The van der Waals surface area contributed by atoms with Gasteiger partial charge in [0.1, 0.15) is 5.57 Å². The van der Waals surface area contributed by atoms with Crippen LogP contribution in [0.1, 0.15) is 35.0 Å². The number of nitrogens with one attached hydrogen (secondary N) is 1. The minimum Gasteiger partial charge on any atom is -0.318 e. The van der Waals surface area contributed by atoms with E-state index in [4.69, 9.17) is 12.2 Å². The fraction of sp³-hybridized carbons (Fsp3) is 0.192. The van der Waals surface area contributed by atoms with Crippen molar-refractivity contribution in [2.75, 3.05) is 4.90 Å². The van der Waals surface area contributed by atoms with E-state index >= 15 is 0 Å². The molecule has 1 aliphatic heterocycles. The van der Waals surface area contributed by atoms with Crippen LogP contribution in [0, 0.1) is 20.8 Å². The van der Waals surface area contributed by atoms with Crippen LogP contribution in [0.3, 0.4) is 0 Å². The van der Waals surface area contributed by atoms with Crippen molar-refractivity contribution in [3.8, 4) is 5.69 Å². The zero-order chi connectivity index (χ0) is 23.9. The van der Waals surface area contributed by atoms with Crippen molar-refractivity contribution in [3.63, 3.8) is 0 Å². The lowest BCUT2D eigenvalue weighted by Crippen LogP contribution is -2.54. The molecule has 0 spiro atoms. The predicted molar refractivity (Wildman–Crippen MR) is 140 cm³/mol. The van der Waals surface area contributed by atoms with Gasteiger partial charge in [-0.3, -0.25) is 19.8 Å². The minimum absolute atomic E-state index is 0.0513. The number of aromatic nitrogens is 1. The van der Waals surface area contributed by atoms with Gasteiger partial charge in [-0.15, -0.1) is 0 Å². The summed E-state index contributed by atoms with van der Waals surface area (Å²) in [6, 6.07) is 15.7. The Hall–Kier alpha value is -3.03. The summed E-state index contributed by atoms with van der Waals surface area (Å²) in [5.41, 5.74) is 6.74. The van der Waals surface area contributed by atoms with Gasteiger partial charge in [0.2, 0.25) is 0 Å². The zero-order valence-electron chi connectivity index (χ0n) is 18.9. The van der Waals surface area contributed by atoms with Gasteiger partial charge in [0.25, 0.3) is 11.8 Å². The topological polar surface area (TPSA) is 54.3 Å². The number of hydrogen-bond acceptors (Lipinski definition) is 3. The summed E-state index contributed by atoms with van der Waals surface area (Å²) in [6.45, 7) is 8.10. The normalized spacial score (nSPS) is 15.4.